The number of phenolic OH excluding ortho intramolecular Hbond substituents is 1. The average molecular weight is 531 g/mol. The number of nitrogens with zero attached hydrogens (tertiary/aromatic N) is 2. The number of amides is 1. The van der Waals surface area contributed by atoms with Gasteiger partial charge in [-0.1, -0.05) is 44.2 Å². The lowest BCUT2D eigenvalue weighted by molar-refractivity contribution is -0.138. The summed E-state index contributed by atoms with van der Waals surface area (Å²) in [5.74, 6) is 1.17. The smallest absolute Gasteiger partial charge is 0.308 e. The van der Waals surface area contributed by atoms with Crippen LogP contribution in [0.25, 0.3) is 6.08 Å². The highest BCUT2D eigenvalue weighted by Gasteiger charge is 2.66. The van der Waals surface area contributed by atoms with Crippen LogP contribution in [0.4, 0.5) is 0 Å². The Morgan fingerprint density at radius 1 is 1.26 bits per heavy atom. The molecule has 2 aliphatic carbocycles. The van der Waals surface area contributed by atoms with Gasteiger partial charge in [-0.05, 0) is 62.8 Å². The van der Waals surface area contributed by atoms with Crippen LogP contribution in [0.1, 0.15) is 56.7 Å². The number of rotatable bonds is 6. The monoisotopic (exact) mass is 530 g/mol. The van der Waals surface area contributed by atoms with Gasteiger partial charge in [-0.15, -0.1) is 0 Å². The van der Waals surface area contributed by atoms with E-state index < -0.39 is 5.97 Å². The highest BCUT2D eigenvalue weighted by Crippen LogP contribution is 2.65. The van der Waals surface area contributed by atoms with E-state index in [0.29, 0.717) is 24.0 Å². The summed E-state index contributed by atoms with van der Waals surface area (Å²) in [4.78, 5) is 30.2. The lowest BCUT2D eigenvalue weighted by Gasteiger charge is -2.60. The second-order valence-corrected chi connectivity index (χ2v) is 12.1. The predicted molar refractivity (Wildman–Crippen MR) is 149 cm³/mol. The molecule has 7 heteroatoms. The summed E-state index contributed by atoms with van der Waals surface area (Å²) in [5, 5.41) is 11.1. The van der Waals surface area contributed by atoms with E-state index in [4.69, 9.17) is 9.47 Å². The van der Waals surface area contributed by atoms with Crippen LogP contribution in [0.5, 0.6) is 17.2 Å². The Kier molecular flexibility index (Phi) is 6.45. The van der Waals surface area contributed by atoms with Crippen molar-refractivity contribution in [1.82, 2.24) is 9.80 Å². The molecule has 39 heavy (non-hydrogen) atoms. The van der Waals surface area contributed by atoms with Gasteiger partial charge in [-0.25, -0.2) is 0 Å². The topological polar surface area (TPSA) is 79.3 Å². The number of hydrogen-bond donors (Lipinski definition) is 1. The van der Waals surface area contributed by atoms with Gasteiger partial charge in [0.15, 0.2) is 11.5 Å². The number of carbonyl (C=O) groups excluding carboxylic acids is 2. The van der Waals surface area contributed by atoms with Crippen molar-refractivity contribution in [3.63, 3.8) is 0 Å². The third-order valence-electron chi connectivity index (χ3n) is 9.37. The standard InChI is InChI=1S/C32H38N2O5/c1-19(2)18-34(28(37)13-10-21-8-6-5-7-9-21)24-12-11-23-25-16-22-27(38-20(3)35)17-26(36)30-29(22)32(23,31(24)39-30)14-15-33(25)4/h5-10,13,17,19,23-25,31,36H,11-12,14-16,18H2,1-4H3/t23-,24+,25+,31-,32-/m0/s1. The molecule has 1 saturated heterocycles. The van der Waals surface area contributed by atoms with Gasteiger partial charge in [-0.2, -0.15) is 0 Å². The zero-order valence-electron chi connectivity index (χ0n) is 23.2. The van der Waals surface area contributed by atoms with Crippen LogP contribution in [0.3, 0.4) is 0 Å². The molecule has 0 aromatic heterocycles. The first-order chi connectivity index (χ1) is 18.7. The van der Waals surface area contributed by atoms with Crippen molar-refractivity contribution >= 4 is 18.0 Å². The number of likely N-dealkylation sites (tertiary alicyclic amines) is 1. The fourth-order valence-electron chi connectivity index (χ4n) is 7.94. The number of aromatic hydroxyl groups is 1. The molecule has 5 atom stereocenters. The summed E-state index contributed by atoms with van der Waals surface area (Å²) in [6, 6.07) is 11.6. The number of likely N-dealkylation sites (N-methyl/N-ethyl adjacent to an activating group) is 1. The SMILES string of the molecule is CC(=O)Oc1cc(O)c2c3c1C[C@@H]1[C@@H]4CC[C@@H](N(CC(C)C)C(=O)C=Cc5ccccc5)[C@H](O2)[C@]34CCN1C. The van der Waals surface area contributed by atoms with E-state index in [-0.39, 0.29) is 41.2 Å². The van der Waals surface area contributed by atoms with Gasteiger partial charge in [0.2, 0.25) is 5.91 Å². The summed E-state index contributed by atoms with van der Waals surface area (Å²) in [7, 11) is 2.18. The molecule has 1 saturated carbocycles. The van der Waals surface area contributed by atoms with Crippen LogP contribution in [0.15, 0.2) is 42.5 Å². The van der Waals surface area contributed by atoms with E-state index in [2.05, 4.69) is 25.8 Å². The molecule has 2 bridgehead atoms. The number of hydrogen-bond acceptors (Lipinski definition) is 6. The quantitative estimate of drug-likeness (QED) is 0.335. The zero-order valence-corrected chi connectivity index (χ0v) is 23.2. The normalized spacial score (nSPS) is 28.7. The predicted octanol–water partition coefficient (Wildman–Crippen LogP) is 4.55. The van der Waals surface area contributed by atoms with Crippen molar-refractivity contribution in [3.8, 4) is 17.2 Å². The van der Waals surface area contributed by atoms with Gasteiger partial charge in [-0.3, -0.25) is 9.59 Å². The molecule has 2 aromatic carbocycles. The Balaban J connectivity index is 1.43. The third kappa shape index (κ3) is 4.13. The minimum Gasteiger partial charge on any atom is -0.504 e. The highest BCUT2D eigenvalue weighted by atomic mass is 16.5. The van der Waals surface area contributed by atoms with E-state index >= 15 is 0 Å². The first-order valence-electron chi connectivity index (χ1n) is 14.2. The summed E-state index contributed by atoms with van der Waals surface area (Å²) in [6.07, 6.45) is 6.74. The molecule has 0 radical (unpaired) electrons. The van der Waals surface area contributed by atoms with Gasteiger partial charge < -0.3 is 24.4 Å². The fraction of sp³-hybridized carbons (Fsp3) is 0.500. The maximum absolute atomic E-state index is 13.8. The van der Waals surface area contributed by atoms with E-state index in [1.54, 1.807) is 6.08 Å². The van der Waals surface area contributed by atoms with Crippen LogP contribution in [0.2, 0.25) is 0 Å². The Morgan fingerprint density at radius 3 is 2.74 bits per heavy atom. The molecular weight excluding hydrogens is 492 g/mol. The second-order valence-electron chi connectivity index (χ2n) is 12.1. The second kappa shape index (κ2) is 9.70. The molecule has 0 unspecified atom stereocenters. The van der Waals surface area contributed by atoms with Crippen LogP contribution >= 0.6 is 0 Å². The number of esters is 1. The summed E-state index contributed by atoms with van der Waals surface area (Å²) < 4.78 is 12.4. The Labute approximate surface area is 230 Å². The molecule has 4 aliphatic rings. The van der Waals surface area contributed by atoms with Gasteiger partial charge in [0, 0.05) is 48.2 Å². The van der Waals surface area contributed by atoms with Crippen molar-refractivity contribution in [2.24, 2.45) is 11.8 Å². The lowest BCUT2D eigenvalue weighted by Crippen LogP contribution is -2.68. The van der Waals surface area contributed by atoms with Crippen molar-refractivity contribution in [1.29, 1.82) is 0 Å². The Bertz CT molecular complexity index is 1320. The van der Waals surface area contributed by atoms with Gasteiger partial charge >= 0.3 is 5.97 Å². The van der Waals surface area contributed by atoms with Crippen molar-refractivity contribution in [3.05, 3.63) is 59.2 Å². The van der Waals surface area contributed by atoms with E-state index in [1.807, 2.05) is 41.3 Å². The minimum atomic E-state index is -0.403. The van der Waals surface area contributed by atoms with Crippen LogP contribution in [-0.2, 0) is 21.4 Å². The van der Waals surface area contributed by atoms with E-state index in [0.717, 1.165) is 48.9 Å². The third-order valence-corrected chi connectivity index (χ3v) is 9.37. The molecule has 2 aromatic rings. The van der Waals surface area contributed by atoms with Crippen LogP contribution < -0.4 is 9.47 Å². The molecular formula is C32H38N2O5. The zero-order chi connectivity index (χ0) is 27.5. The number of ether oxygens (including phenoxy) is 2. The molecule has 6 rings (SSSR count). The molecule has 1 N–H and O–H groups in total. The lowest BCUT2D eigenvalue weighted by atomic mass is 9.51. The fourth-order valence-corrected chi connectivity index (χ4v) is 7.94. The number of benzene rings is 2. The molecule has 2 fully saturated rings. The summed E-state index contributed by atoms with van der Waals surface area (Å²) >= 11 is 0. The van der Waals surface area contributed by atoms with Gasteiger partial charge in [0.05, 0.1) is 6.04 Å². The summed E-state index contributed by atoms with van der Waals surface area (Å²) in [5.41, 5.74) is 2.63. The van der Waals surface area contributed by atoms with Crippen LogP contribution in [-0.4, -0.2) is 65.1 Å². The first kappa shape index (κ1) is 25.9. The van der Waals surface area contributed by atoms with E-state index in [1.165, 1.54) is 13.0 Å². The molecule has 7 nitrogen and oxygen atoms in total. The number of phenols is 1. The minimum absolute atomic E-state index is 0.00867. The Morgan fingerprint density at radius 2 is 2.03 bits per heavy atom. The molecule has 2 heterocycles. The van der Waals surface area contributed by atoms with Gasteiger partial charge in [0.1, 0.15) is 11.9 Å². The molecule has 1 amide bonds. The number of carbonyl (C=O) groups is 2. The largest absolute Gasteiger partial charge is 0.504 e. The van der Waals surface area contributed by atoms with Crippen LogP contribution in [0, 0.1) is 11.8 Å². The highest BCUT2D eigenvalue weighted by molar-refractivity contribution is 5.92. The maximum atomic E-state index is 13.8. The van der Waals surface area contributed by atoms with Crippen molar-refractivity contribution in [2.75, 3.05) is 20.1 Å². The van der Waals surface area contributed by atoms with Gasteiger partial charge in [0.25, 0.3) is 0 Å². The molecule has 1 spiro atoms. The molecule has 2 aliphatic heterocycles. The van der Waals surface area contributed by atoms with Crippen molar-refractivity contribution in [2.45, 2.75) is 70.1 Å². The maximum Gasteiger partial charge on any atom is 0.308 e. The molecule has 206 valence electrons. The number of piperidine rings is 1. The van der Waals surface area contributed by atoms with Crippen molar-refractivity contribution < 1.29 is 24.2 Å². The Hall–Kier alpha value is -3.32. The summed E-state index contributed by atoms with van der Waals surface area (Å²) in [6.45, 7) is 7.20. The van der Waals surface area contributed by atoms with E-state index in [9.17, 15) is 14.7 Å². The first-order valence-corrected chi connectivity index (χ1v) is 14.2. The average Bonchev–Trinajstić information content (AvgIpc) is 3.25.